The third kappa shape index (κ3) is 2.74. The lowest BCUT2D eigenvalue weighted by Crippen LogP contribution is -2.13. The molecular formula is C13H10Cl2N4OS. The van der Waals surface area contributed by atoms with Gasteiger partial charge in [-0.2, -0.15) is 5.10 Å². The number of halogens is 2. The van der Waals surface area contributed by atoms with E-state index in [1.807, 2.05) is 13.0 Å². The number of carbonyl (C=O) groups is 1. The average Bonchev–Trinajstić information content (AvgIpc) is 3.09. The molecular weight excluding hydrogens is 331 g/mol. The smallest absolute Gasteiger partial charge is 0.277 e. The summed E-state index contributed by atoms with van der Waals surface area (Å²) in [5.41, 5.74) is 0.934. The summed E-state index contributed by atoms with van der Waals surface area (Å²) in [5.74, 6) is -0.302. The van der Waals surface area contributed by atoms with E-state index in [1.54, 1.807) is 23.0 Å². The summed E-state index contributed by atoms with van der Waals surface area (Å²) in [5, 5.41) is 8.16. The molecule has 5 nitrogen and oxygen atoms in total. The maximum atomic E-state index is 12.1. The van der Waals surface area contributed by atoms with Crippen LogP contribution in [0.4, 0.5) is 5.13 Å². The number of nitrogens with zero attached hydrogens (tertiary/aromatic N) is 3. The first-order valence-electron chi connectivity index (χ1n) is 6.18. The molecule has 21 heavy (non-hydrogen) atoms. The second-order valence-corrected chi connectivity index (χ2v) is 6.05. The van der Waals surface area contributed by atoms with Crippen LogP contribution in [0.5, 0.6) is 0 Å². The van der Waals surface area contributed by atoms with E-state index in [0.717, 1.165) is 4.70 Å². The molecule has 2 aromatic heterocycles. The fraction of sp³-hybridized carbons (Fsp3) is 0.154. The molecule has 0 spiro atoms. The van der Waals surface area contributed by atoms with Gasteiger partial charge in [0.25, 0.3) is 5.91 Å². The largest absolute Gasteiger partial charge is 0.296 e. The van der Waals surface area contributed by atoms with Gasteiger partial charge in [-0.25, -0.2) is 4.98 Å². The Morgan fingerprint density at radius 2 is 2.19 bits per heavy atom. The number of rotatable bonds is 3. The Labute approximate surface area is 134 Å². The van der Waals surface area contributed by atoms with Crippen LogP contribution in [0.15, 0.2) is 24.4 Å². The van der Waals surface area contributed by atoms with Crippen LogP contribution >= 0.6 is 34.5 Å². The molecule has 108 valence electrons. The van der Waals surface area contributed by atoms with Gasteiger partial charge in [0.1, 0.15) is 5.52 Å². The first-order valence-corrected chi connectivity index (χ1v) is 7.75. The number of hydrogen-bond donors (Lipinski definition) is 1. The Balaban J connectivity index is 1.87. The highest BCUT2D eigenvalue weighted by molar-refractivity contribution is 7.22. The molecule has 8 heteroatoms. The fourth-order valence-electron chi connectivity index (χ4n) is 1.81. The number of thiazole rings is 1. The Hall–Kier alpha value is -1.63. The third-order valence-corrected chi connectivity index (χ3v) is 4.60. The second kappa shape index (κ2) is 5.63. The van der Waals surface area contributed by atoms with E-state index in [4.69, 9.17) is 23.2 Å². The van der Waals surface area contributed by atoms with Crippen molar-refractivity contribution in [2.45, 2.75) is 13.5 Å². The molecule has 1 N–H and O–H groups in total. The van der Waals surface area contributed by atoms with Gasteiger partial charge in [-0.05, 0) is 25.1 Å². The van der Waals surface area contributed by atoms with E-state index in [9.17, 15) is 4.79 Å². The van der Waals surface area contributed by atoms with E-state index < -0.39 is 0 Å². The predicted octanol–water partition coefficient (Wildman–Crippen LogP) is 4.07. The summed E-state index contributed by atoms with van der Waals surface area (Å²) in [6.45, 7) is 2.66. The van der Waals surface area contributed by atoms with E-state index in [0.29, 0.717) is 32.9 Å². The Morgan fingerprint density at radius 3 is 2.90 bits per heavy atom. The number of aryl methyl sites for hydroxylation is 1. The summed E-state index contributed by atoms with van der Waals surface area (Å²) in [6.07, 6.45) is 1.75. The van der Waals surface area contributed by atoms with Crippen molar-refractivity contribution >= 4 is 55.8 Å². The van der Waals surface area contributed by atoms with Crippen LogP contribution in [0.2, 0.25) is 10.0 Å². The van der Waals surface area contributed by atoms with Crippen LogP contribution in [0.25, 0.3) is 10.2 Å². The van der Waals surface area contributed by atoms with E-state index in [1.165, 1.54) is 11.3 Å². The normalized spacial score (nSPS) is 11.0. The molecule has 0 radical (unpaired) electrons. The highest BCUT2D eigenvalue weighted by Gasteiger charge is 2.14. The van der Waals surface area contributed by atoms with Crippen molar-refractivity contribution in [3.63, 3.8) is 0 Å². The average molecular weight is 341 g/mol. The number of benzene rings is 1. The van der Waals surface area contributed by atoms with Crippen LogP contribution in [-0.4, -0.2) is 20.7 Å². The summed E-state index contributed by atoms with van der Waals surface area (Å²) < 4.78 is 2.54. The minimum absolute atomic E-state index is 0.302. The molecule has 0 bridgehead atoms. The number of amides is 1. The first-order chi connectivity index (χ1) is 10.1. The van der Waals surface area contributed by atoms with Gasteiger partial charge in [-0.1, -0.05) is 34.5 Å². The van der Waals surface area contributed by atoms with Gasteiger partial charge >= 0.3 is 0 Å². The molecule has 0 saturated heterocycles. The SMILES string of the molecule is CCn1ccc(C(=O)Nc2nc3c(Cl)c(Cl)ccc3s2)n1. The Kier molecular flexibility index (Phi) is 3.84. The summed E-state index contributed by atoms with van der Waals surface area (Å²) in [7, 11) is 0. The highest BCUT2D eigenvalue weighted by Crippen LogP contribution is 2.35. The van der Waals surface area contributed by atoms with E-state index in [2.05, 4.69) is 15.4 Å². The number of carbonyl (C=O) groups excluding carboxylic acids is 1. The lowest BCUT2D eigenvalue weighted by Gasteiger charge is -1.97. The maximum absolute atomic E-state index is 12.1. The lowest BCUT2D eigenvalue weighted by atomic mass is 10.3. The number of anilines is 1. The monoisotopic (exact) mass is 340 g/mol. The molecule has 1 amide bonds. The van der Waals surface area contributed by atoms with E-state index in [-0.39, 0.29) is 5.91 Å². The van der Waals surface area contributed by atoms with Gasteiger partial charge in [0, 0.05) is 12.7 Å². The number of aromatic nitrogens is 3. The van der Waals surface area contributed by atoms with Gasteiger partial charge < -0.3 is 0 Å². The molecule has 3 rings (SSSR count). The van der Waals surface area contributed by atoms with Gasteiger partial charge in [0.15, 0.2) is 10.8 Å². The van der Waals surface area contributed by atoms with Crippen LogP contribution in [0, 0.1) is 0 Å². The number of hydrogen-bond acceptors (Lipinski definition) is 4. The lowest BCUT2D eigenvalue weighted by molar-refractivity contribution is 0.102. The maximum Gasteiger partial charge on any atom is 0.277 e. The van der Waals surface area contributed by atoms with Crippen molar-refractivity contribution in [2.75, 3.05) is 5.32 Å². The molecule has 0 unspecified atom stereocenters. The number of nitrogens with one attached hydrogen (secondary N) is 1. The number of fused-ring (bicyclic) bond motifs is 1. The zero-order valence-electron chi connectivity index (χ0n) is 10.9. The van der Waals surface area contributed by atoms with Crippen LogP contribution in [-0.2, 0) is 6.54 Å². The van der Waals surface area contributed by atoms with Crippen molar-refractivity contribution in [2.24, 2.45) is 0 Å². The second-order valence-electron chi connectivity index (χ2n) is 4.24. The molecule has 0 saturated carbocycles. The van der Waals surface area contributed by atoms with Gasteiger partial charge in [-0.15, -0.1) is 0 Å². The third-order valence-electron chi connectivity index (χ3n) is 2.87. The standard InChI is InChI=1S/C13H10Cl2N4OS/c1-2-19-6-5-8(18-19)12(20)17-13-16-11-9(21-13)4-3-7(14)10(11)15/h3-6H,2H2,1H3,(H,16,17,20). The van der Waals surface area contributed by atoms with Crippen LogP contribution < -0.4 is 5.32 Å². The molecule has 0 aliphatic carbocycles. The molecule has 0 aliphatic rings. The predicted molar refractivity (Wildman–Crippen MR) is 85.5 cm³/mol. The van der Waals surface area contributed by atoms with Gasteiger partial charge in [0.2, 0.25) is 0 Å². The minimum Gasteiger partial charge on any atom is -0.296 e. The Morgan fingerprint density at radius 1 is 1.38 bits per heavy atom. The van der Waals surface area contributed by atoms with Gasteiger partial charge in [-0.3, -0.25) is 14.8 Å². The molecule has 0 fully saturated rings. The van der Waals surface area contributed by atoms with Crippen molar-refractivity contribution in [1.29, 1.82) is 0 Å². The van der Waals surface area contributed by atoms with Crippen molar-refractivity contribution in [1.82, 2.24) is 14.8 Å². The fourth-order valence-corrected chi connectivity index (χ4v) is 3.10. The molecule has 0 atom stereocenters. The summed E-state index contributed by atoms with van der Waals surface area (Å²) >= 11 is 13.4. The van der Waals surface area contributed by atoms with Crippen LogP contribution in [0.3, 0.4) is 0 Å². The highest BCUT2D eigenvalue weighted by atomic mass is 35.5. The molecule has 3 aromatic rings. The topological polar surface area (TPSA) is 59.8 Å². The molecule has 0 aliphatic heterocycles. The van der Waals surface area contributed by atoms with Crippen LogP contribution in [0.1, 0.15) is 17.4 Å². The van der Waals surface area contributed by atoms with E-state index >= 15 is 0 Å². The van der Waals surface area contributed by atoms with Crippen molar-refractivity contribution < 1.29 is 4.79 Å². The molecule has 2 heterocycles. The zero-order chi connectivity index (χ0) is 15.0. The first kappa shape index (κ1) is 14.3. The zero-order valence-corrected chi connectivity index (χ0v) is 13.3. The molecule has 1 aromatic carbocycles. The van der Waals surface area contributed by atoms with Crippen molar-refractivity contribution in [3.8, 4) is 0 Å². The van der Waals surface area contributed by atoms with Crippen molar-refractivity contribution in [3.05, 3.63) is 40.1 Å². The summed E-state index contributed by atoms with van der Waals surface area (Å²) in [4.78, 5) is 16.4. The minimum atomic E-state index is -0.302. The Bertz CT molecular complexity index is 827. The van der Waals surface area contributed by atoms with Gasteiger partial charge in [0.05, 0.1) is 14.7 Å². The quantitative estimate of drug-likeness (QED) is 0.781. The summed E-state index contributed by atoms with van der Waals surface area (Å²) in [6, 6.07) is 5.19.